The van der Waals surface area contributed by atoms with Gasteiger partial charge in [-0.15, -0.1) is 0 Å². The summed E-state index contributed by atoms with van der Waals surface area (Å²) in [5, 5.41) is 0. The van der Waals surface area contributed by atoms with E-state index in [0.29, 0.717) is 6.04 Å². The molecule has 0 N–H and O–H groups in total. The molecule has 0 spiro atoms. The van der Waals surface area contributed by atoms with Crippen molar-refractivity contribution in [2.75, 3.05) is 26.3 Å². The number of ether oxygens (including phenoxy) is 1. The van der Waals surface area contributed by atoms with Crippen molar-refractivity contribution >= 4 is 0 Å². The zero-order valence-electron chi connectivity index (χ0n) is 10.2. The Hall–Kier alpha value is -0.0800. The van der Waals surface area contributed by atoms with E-state index < -0.39 is 0 Å². The smallest absolute Gasteiger partial charge is 0.0594 e. The zero-order chi connectivity index (χ0) is 10.9. The van der Waals surface area contributed by atoms with Gasteiger partial charge in [0.2, 0.25) is 0 Å². The van der Waals surface area contributed by atoms with Crippen LogP contribution in [-0.4, -0.2) is 37.2 Å². The Morgan fingerprint density at radius 2 is 1.93 bits per heavy atom. The van der Waals surface area contributed by atoms with Gasteiger partial charge in [0, 0.05) is 19.1 Å². The maximum Gasteiger partial charge on any atom is 0.0594 e. The summed E-state index contributed by atoms with van der Waals surface area (Å²) < 4.78 is 5.38. The fraction of sp³-hybridized carbons (Fsp3) is 0.923. The predicted octanol–water partition coefficient (Wildman–Crippen LogP) is 2.88. The molecule has 2 heteroatoms. The van der Waals surface area contributed by atoms with Crippen LogP contribution in [0.25, 0.3) is 0 Å². The SMILES string of the molecule is [CH2]CC(CCCCCC)N1CCOCC1. The topological polar surface area (TPSA) is 12.5 Å². The van der Waals surface area contributed by atoms with Crippen molar-refractivity contribution in [3.05, 3.63) is 6.92 Å². The summed E-state index contributed by atoms with van der Waals surface area (Å²) in [6, 6.07) is 0.700. The van der Waals surface area contributed by atoms with Crippen LogP contribution in [0.3, 0.4) is 0 Å². The van der Waals surface area contributed by atoms with Crippen molar-refractivity contribution in [3.8, 4) is 0 Å². The normalized spacial score (nSPS) is 20.4. The molecule has 1 atom stereocenters. The second kappa shape index (κ2) is 8.12. The minimum Gasteiger partial charge on any atom is -0.379 e. The molecule has 1 heterocycles. The predicted molar refractivity (Wildman–Crippen MR) is 64.9 cm³/mol. The molecule has 1 aliphatic heterocycles. The highest BCUT2D eigenvalue weighted by atomic mass is 16.5. The molecule has 0 aromatic carbocycles. The highest BCUT2D eigenvalue weighted by Gasteiger charge is 2.18. The maximum absolute atomic E-state index is 5.38. The molecule has 0 aromatic heterocycles. The average Bonchev–Trinajstić information content (AvgIpc) is 2.30. The monoisotopic (exact) mass is 212 g/mol. The maximum atomic E-state index is 5.38. The first-order chi connectivity index (χ1) is 7.38. The van der Waals surface area contributed by atoms with E-state index in [2.05, 4.69) is 18.7 Å². The summed E-state index contributed by atoms with van der Waals surface area (Å²) in [6.45, 7) is 10.4. The third kappa shape index (κ3) is 4.98. The summed E-state index contributed by atoms with van der Waals surface area (Å²) in [5.74, 6) is 0. The van der Waals surface area contributed by atoms with Crippen molar-refractivity contribution in [2.45, 2.75) is 51.5 Å². The molecule has 1 aliphatic rings. The van der Waals surface area contributed by atoms with Crippen molar-refractivity contribution in [1.29, 1.82) is 0 Å². The van der Waals surface area contributed by atoms with Crippen molar-refractivity contribution in [1.82, 2.24) is 4.90 Å². The highest BCUT2D eigenvalue weighted by molar-refractivity contribution is 4.74. The van der Waals surface area contributed by atoms with Crippen LogP contribution >= 0.6 is 0 Å². The van der Waals surface area contributed by atoms with E-state index in [4.69, 9.17) is 4.74 Å². The van der Waals surface area contributed by atoms with Crippen LogP contribution in [0.4, 0.5) is 0 Å². The average molecular weight is 212 g/mol. The van der Waals surface area contributed by atoms with Crippen molar-refractivity contribution in [2.24, 2.45) is 0 Å². The Kier molecular flexibility index (Phi) is 7.03. The Balaban J connectivity index is 2.15. The Labute approximate surface area is 95.0 Å². The molecule has 1 unspecified atom stereocenters. The lowest BCUT2D eigenvalue weighted by Gasteiger charge is -2.34. The molecule has 2 nitrogen and oxygen atoms in total. The molecule has 89 valence electrons. The largest absolute Gasteiger partial charge is 0.379 e. The van der Waals surface area contributed by atoms with E-state index in [1.807, 2.05) is 0 Å². The summed E-state index contributed by atoms with van der Waals surface area (Å²) >= 11 is 0. The Morgan fingerprint density at radius 3 is 2.53 bits per heavy atom. The standard InChI is InChI=1S/C13H26NO/c1-3-5-6-7-8-13(4-2)14-9-11-15-12-10-14/h13H,2-12H2,1H3. The van der Waals surface area contributed by atoms with E-state index in [0.717, 1.165) is 32.7 Å². The van der Waals surface area contributed by atoms with Crippen LogP contribution < -0.4 is 0 Å². The number of rotatable bonds is 7. The lowest BCUT2D eigenvalue weighted by molar-refractivity contribution is 0.0147. The van der Waals surface area contributed by atoms with Crippen LogP contribution in [0.1, 0.15) is 45.4 Å². The van der Waals surface area contributed by atoms with Gasteiger partial charge in [-0.3, -0.25) is 4.90 Å². The summed E-state index contributed by atoms with van der Waals surface area (Å²) in [6.07, 6.45) is 7.83. The zero-order valence-corrected chi connectivity index (χ0v) is 10.2. The van der Waals surface area contributed by atoms with Crippen LogP contribution in [0.5, 0.6) is 0 Å². The van der Waals surface area contributed by atoms with E-state index in [1.54, 1.807) is 0 Å². The molecule has 1 saturated heterocycles. The second-order valence-corrected chi connectivity index (χ2v) is 4.44. The first-order valence-electron chi connectivity index (χ1n) is 6.49. The Morgan fingerprint density at radius 1 is 1.20 bits per heavy atom. The third-order valence-corrected chi connectivity index (χ3v) is 3.29. The van der Waals surface area contributed by atoms with Crippen LogP contribution in [-0.2, 0) is 4.74 Å². The number of morpholine rings is 1. The van der Waals surface area contributed by atoms with Gasteiger partial charge in [-0.1, -0.05) is 39.5 Å². The minimum atomic E-state index is 0.700. The third-order valence-electron chi connectivity index (χ3n) is 3.29. The molecule has 1 fully saturated rings. The Bertz CT molecular complexity index is 143. The van der Waals surface area contributed by atoms with Crippen molar-refractivity contribution in [3.63, 3.8) is 0 Å². The molecular formula is C13H26NO. The summed E-state index contributed by atoms with van der Waals surface area (Å²) in [4.78, 5) is 2.56. The lowest BCUT2D eigenvalue weighted by atomic mass is 10.0. The molecule has 0 bridgehead atoms. The van der Waals surface area contributed by atoms with Crippen molar-refractivity contribution < 1.29 is 4.74 Å². The fourth-order valence-corrected chi connectivity index (χ4v) is 2.26. The van der Waals surface area contributed by atoms with Crippen LogP contribution in [0, 0.1) is 6.92 Å². The number of hydrogen-bond donors (Lipinski definition) is 0. The van der Waals surface area contributed by atoms with E-state index in [-0.39, 0.29) is 0 Å². The molecule has 15 heavy (non-hydrogen) atoms. The highest BCUT2D eigenvalue weighted by Crippen LogP contribution is 2.15. The quantitative estimate of drug-likeness (QED) is 0.602. The molecule has 1 radical (unpaired) electrons. The number of unbranched alkanes of at least 4 members (excludes halogenated alkanes) is 3. The summed E-state index contributed by atoms with van der Waals surface area (Å²) in [5.41, 5.74) is 0. The second-order valence-electron chi connectivity index (χ2n) is 4.44. The lowest BCUT2D eigenvalue weighted by Crippen LogP contribution is -2.43. The number of hydrogen-bond acceptors (Lipinski definition) is 2. The first-order valence-corrected chi connectivity index (χ1v) is 6.49. The van der Waals surface area contributed by atoms with Gasteiger partial charge in [0.25, 0.3) is 0 Å². The van der Waals surface area contributed by atoms with Gasteiger partial charge in [-0.05, 0) is 12.8 Å². The van der Waals surface area contributed by atoms with Gasteiger partial charge in [0.05, 0.1) is 13.2 Å². The van der Waals surface area contributed by atoms with Gasteiger partial charge in [-0.2, -0.15) is 0 Å². The fourth-order valence-electron chi connectivity index (χ4n) is 2.26. The van der Waals surface area contributed by atoms with E-state index in [1.165, 1.54) is 32.1 Å². The molecule has 0 aromatic rings. The molecule has 0 aliphatic carbocycles. The summed E-state index contributed by atoms with van der Waals surface area (Å²) in [7, 11) is 0. The molecular weight excluding hydrogens is 186 g/mol. The van der Waals surface area contributed by atoms with Gasteiger partial charge in [0.1, 0.15) is 0 Å². The van der Waals surface area contributed by atoms with Gasteiger partial charge >= 0.3 is 0 Å². The van der Waals surface area contributed by atoms with Crippen LogP contribution in [0.2, 0.25) is 0 Å². The minimum absolute atomic E-state index is 0.700. The van der Waals surface area contributed by atoms with Gasteiger partial charge in [-0.25, -0.2) is 0 Å². The van der Waals surface area contributed by atoms with Crippen LogP contribution in [0.15, 0.2) is 0 Å². The van der Waals surface area contributed by atoms with Gasteiger partial charge in [0.15, 0.2) is 0 Å². The van der Waals surface area contributed by atoms with E-state index in [9.17, 15) is 0 Å². The number of nitrogens with zero attached hydrogens (tertiary/aromatic N) is 1. The first kappa shape index (κ1) is 13.0. The molecule has 1 rings (SSSR count). The molecule has 0 saturated carbocycles. The van der Waals surface area contributed by atoms with Gasteiger partial charge < -0.3 is 4.74 Å². The molecule has 0 amide bonds. The van der Waals surface area contributed by atoms with E-state index >= 15 is 0 Å².